The van der Waals surface area contributed by atoms with Crippen molar-refractivity contribution in [3.8, 4) is 17.2 Å². The van der Waals surface area contributed by atoms with Gasteiger partial charge in [-0.25, -0.2) is 9.37 Å². The molecule has 0 radical (unpaired) electrons. The predicted octanol–water partition coefficient (Wildman–Crippen LogP) is 3.93. The largest absolute Gasteiger partial charge is 1.00 e. The quantitative estimate of drug-likeness (QED) is 0.561. The van der Waals surface area contributed by atoms with Gasteiger partial charge in [0.1, 0.15) is 25.6 Å². The van der Waals surface area contributed by atoms with E-state index in [0.717, 1.165) is 24.2 Å². The molecule has 1 aliphatic heterocycles. The molecule has 1 aromatic heterocycles. The summed E-state index contributed by atoms with van der Waals surface area (Å²) in [6.07, 6.45) is 1.12. The fraction of sp³-hybridized carbons (Fsp3) is 0.273. The minimum Gasteiger partial charge on any atom is -0.492 e. The minimum absolute atomic E-state index is 0. The maximum atomic E-state index is 14.3. The number of benzene rings is 2. The molecule has 0 unspecified atom stereocenters. The van der Waals surface area contributed by atoms with Crippen LogP contribution in [0.4, 0.5) is 27.5 Å². The van der Waals surface area contributed by atoms with E-state index in [2.05, 4.69) is 20.6 Å². The van der Waals surface area contributed by atoms with Crippen molar-refractivity contribution < 1.29 is 20.0 Å². The van der Waals surface area contributed by atoms with Gasteiger partial charge in [-0.1, -0.05) is 6.07 Å². The van der Waals surface area contributed by atoms with Gasteiger partial charge in [0, 0.05) is 30.1 Å². The lowest BCUT2D eigenvalue weighted by molar-refractivity contribution is 0.171. The second kappa shape index (κ2) is 9.48. The van der Waals surface area contributed by atoms with Crippen molar-refractivity contribution in [2.75, 3.05) is 51.1 Å². The summed E-state index contributed by atoms with van der Waals surface area (Å²) in [5, 5.41) is 6.05. The Bertz CT molecular complexity index is 1050. The summed E-state index contributed by atoms with van der Waals surface area (Å²) in [5.41, 5.74) is 1.36. The molecule has 8 nitrogen and oxygen atoms in total. The number of anilines is 4. The summed E-state index contributed by atoms with van der Waals surface area (Å²) in [7, 11) is 3.98. The van der Waals surface area contributed by atoms with E-state index in [1.54, 1.807) is 18.2 Å². The highest BCUT2D eigenvalue weighted by Gasteiger charge is 2.14. The van der Waals surface area contributed by atoms with Crippen LogP contribution < -0.4 is 24.8 Å². The van der Waals surface area contributed by atoms with Crippen molar-refractivity contribution in [1.29, 1.82) is 0 Å². The monoisotopic (exact) mass is 426 g/mol. The molecule has 2 aromatic carbocycles. The zero-order valence-electron chi connectivity index (χ0n) is 18.4. The number of aromatic nitrogens is 2. The maximum Gasteiger partial charge on any atom is 1.00 e. The second-order valence-electron chi connectivity index (χ2n) is 7.18. The van der Waals surface area contributed by atoms with Crippen LogP contribution in [0, 0.1) is 5.82 Å². The zero-order chi connectivity index (χ0) is 21.6. The number of nitrogens with one attached hydrogen (secondary N) is 2. The Labute approximate surface area is 181 Å². The van der Waals surface area contributed by atoms with Crippen LogP contribution in [0.15, 0.2) is 48.7 Å². The Kier molecular flexibility index (Phi) is 6.32. The number of hydrogen-bond donors (Lipinski definition) is 2. The van der Waals surface area contributed by atoms with Crippen molar-refractivity contribution in [2.24, 2.45) is 0 Å². The van der Waals surface area contributed by atoms with Gasteiger partial charge in [0.15, 0.2) is 23.1 Å². The first-order valence-electron chi connectivity index (χ1n) is 9.91. The molecule has 31 heavy (non-hydrogen) atoms. The molecule has 0 atom stereocenters. The number of fused-ring (bicyclic) bond motifs is 1. The molecule has 9 heteroatoms. The first-order chi connectivity index (χ1) is 15.1. The molecule has 0 bridgehead atoms. The van der Waals surface area contributed by atoms with E-state index >= 15 is 0 Å². The van der Waals surface area contributed by atoms with Crippen LogP contribution >= 0.6 is 0 Å². The predicted molar refractivity (Wildman–Crippen MR) is 118 cm³/mol. The fourth-order valence-corrected chi connectivity index (χ4v) is 2.91. The summed E-state index contributed by atoms with van der Waals surface area (Å²) < 4.78 is 31.1. The molecule has 0 saturated heterocycles. The number of ether oxygens (including phenoxy) is 3. The van der Waals surface area contributed by atoms with Gasteiger partial charge in [-0.2, -0.15) is 4.98 Å². The van der Waals surface area contributed by atoms with E-state index in [-0.39, 0.29) is 13.2 Å². The van der Waals surface area contributed by atoms with Crippen molar-refractivity contribution >= 4 is 23.1 Å². The van der Waals surface area contributed by atoms with Crippen LogP contribution in [0.1, 0.15) is 1.43 Å². The smallest absolute Gasteiger partial charge is 0.492 e. The molecule has 162 valence electrons. The normalized spacial score (nSPS) is 12.5. The third kappa shape index (κ3) is 5.52. The van der Waals surface area contributed by atoms with Gasteiger partial charge in [-0.3, -0.25) is 0 Å². The SMILES string of the molecule is CN(C)CCOc1cccc(Nc2ncc(F)c(Nc3ccc4c(c3)OCCO4)n2)c1.[H+]. The number of rotatable bonds is 8. The van der Waals surface area contributed by atoms with Crippen LogP contribution in [0.3, 0.4) is 0 Å². The van der Waals surface area contributed by atoms with Crippen LogP contribution in [-0.4, -0.2) is 55.3 Å². The summed E-state index contributed by atoms with van der Waals surface area (Å²) in [4.78, 5) is 10.3. The summed E-state index contributed by atoms with van der Waals surface area (Å²) in [6, 6.07) is 12.7. The maximum absolute atomic E-state index is 14.3. The number of hydrogen-bond acceptors (Lipinski definition) is 8. The molecule has 0 amide bonds. The number of likely N-dealkylation sites (N-methyl/N-ethyl adjacent to an activating group) is 1. The molecular weight excluding hydrogens is 401 g/mol. The highest BCUT2D eigenvalue weighted by molar-refractivity contribution is 5.63. The molecule has 3 aromatic rings. The highest BCUT2D eigenvalue weighted by Crippen LogP contribution is 2.33. The molecule has 4 rings (SSSR count). The Balaban J connectivity index is 0.00000289. The van der Waals surface area contributed by atoms with Crippen LogP contribution in [0.2, 0.25) is 0 Å². The van der Waals surface area contributed by atoms with E-state index in [4.69, 9.17) is 14.2 Å². The Hall–Kier alpha value is -3.59. The lowest BCUT2D eigenvalue weighted by Crippen LogP contribution is -2.19. The third-order valence-electron chi connectivity index (χ3n) is 4.45. The van der Waals surface area contributed by atoms with Gasteiger partial charge in [-0.15, -0.1) is 0 Å². The average molecular weight is 426 g/mol. The van der Waals surface area contributed by atoms with Crippen LogP contribution in [0.5, 0.6) is 17.2 Å². The van der Waals surface area contributed by atoms with Gasteiger partial charge in [0.05, 0.1) is 6.20 Å². The minimum atomic E-state index is -0.568. The lowest BCUT2D eigenvalue weighted by Gasteiger charge is -2.19. The lowest BCUT2D eigenvalue weighted by atomic mass is 10.2. The second-order valence-corrected chi connectivity index (χ2v) is 7.18. The molecule has 0 aliphatic carbocycles. The van der Waals surface area contributed by atoms with E-state index < -0.39 is 5.82 Å². The highest BCUT2D eigenvalue weighted by atomic mass is 19.1. The standard InChI is InChI=1S/C22H24FN5O3/c1-28(2)8-9-29-17-5-3-4-15(12-17)26-22-24-14-18(23)21(27-22)25-16-6-7-19-20(13-16)31-11-10-30-19/h3-7,12-14H,8-11H2,1-2H3,(H2,24,25,26,27)/p+1. The average Bonchev–Trinajstić information content (AvgIpc) is 2.76. The van der Waals surface area contributed by atoms with Gasteiger partial charge in [0.2, 0.25) is 5.95 Å². The van der Waals surface area contributed by atoms with Gasteiger partial charge in [0.25, 0.3) is 0 Å². The molecular formula is C22H25FN5O3+. The number of halogens is 1. The van der Waals surface area contributed by atoms with E-state index in [0.29, 0.717) is 37.0 Å². The van der Waals surface area contributed by atoms with Crippen molar-refractivity contribution in [1.82, 2.24) is 14.9 Å². The van der Waals surface area contributed by atoms with E-state index in [9.17, 15) is 4.39 Å². The third-order valence-corrected chi connectivity index (χ3v) is 4.45. The van der Waals surface area contributed by atoms with E-state index in [1.165, 1.54) is 0 Å². The molecule has 0 fully saturated rings. The topological polar surface area (TPSA) is 80.8 Å². The first kappa shape index (κ1) is 20.7. The Morgan fingerprint density at radius 1 is 1.06 bits per heavy atom. The molecule has 2 heterocycles. The fourth-order valence-electron chi connectivity index (χ4n) is 2.91. The van der Waals surface area contributed by atoms with Crippen molar-refractivity contribution in [3.63, 3.8) is 0 Å². The zero-order valence-corrected chi connectivity index (χ0v) is 17.4. The van der Waals surface area contributed by atoms with Crippen molar-refractivity contribution in [2.45, 2.75) is 0 Å². The van der Waals surface area contributed by atoms with Crippen LogP contribution in [-0.2, 0) is 0 Å². The van der Waals surface area contributed by atoms with Crippen LogP contribution in [0.25, 0.3) is 0 Å². The van der Waals surface area contributed by atoms with Crippen molar-refractivity contribution in [3.05, 3.63) is 54.5 Å². The molecule has 1 aliphatic rings. The van der Waals surface area contributed by atoms with Gasteiger partial charge < -0.3 is 29.7 Å². The number of nitrogens with zero attached hydrogens (tertiary/aromatic N) is 3. The summed E-state index contributed by atoms with van der Waals surface area (Å²) in [6.45, 7) is 2.38. The summed E-state index contributed by atoms with van der Waals surface area (Å²) >= 11 is 0. The molecule has 0 saturated carbocycles. The van der Waals surface area contributed by atoms with Gasteiger partial charge in [-0.05, 0) is 38.4 Å². The Morgan fingerprint density at radius 2 is 1.87 bits per heavy atom. The van der Waals surface area contributed by atoms with Gasteiger partial charge >= 0.3 is 1.43 Å². The van der Waals surface area contributed by atoms with E-state index in [1.807, 2.05) is 43.3 Å². The Morgan fingerprint density at radius 3 is 2.71 bits per heavy atom. The molecule has 0 spiro atoms. The summed E-state index contributed by atoms with van der Waals surface area (Å²) in [5.74, 6) is 1.73. The molecule has 2 N–H and O–H groups in total. The first-order valence-corrected chi connectivity index (χ1v) is 9.91.